The number of anilines is 1. The molecule has 4 rings (SSSR count). The van der Waals surface area contributed by atoms with E-state index in [2.05, 4.69) is 14.7 Å². The molecule has 2 aliphatic rings. The van der Waals surface area contributed by atoms with Crippen LogP contribution in [0.3, 0.4) is 0 Å². The molecule has 176 valence electrons. The lowest BCUT2D eigenvalue weighted by Gasteiger charge is -2.31. The van der Waals surface area contributed by atoms with Gasteiger partial charge in [-0.1, -0.05) is 6.07 Å². The van der Waals surface area contributed by atoms with Gasteiger partial charge in [0.1, 0.15) is 10.7 Å². The SMILES string of the molecule is CN(C(N)=Nc1ccc(-c2cnc(N)c(S(=O)(=O)NC3CC3)c2)cc1C=O)C1CCOCC1. The molecule has 0 bridgehead atoms. The number of guanidine groups is 1. The number of aliphatic imine (C=N–C) groups is 1. The third kappa shape index (κ3) is 5.32. The van der Waals surface area contributed by atoms with E-state index in [1.165, 1.54) is 12.3 Å². The lowest BCUT2D eigenvalue weighted by molar-refractivity contribution is 0.0603. The van der Waals surface area contributed by atoms with Gasteiger partial charge in [0.25, 0.3) is 0 Å². The van der Waals surface area contributed by atoms with Crippen molar-refractivity contribution >= 4 is 33.8 Å². The fourth-order valence-corrected chi connectivity index (χ4v) is 5.12. The Labute approximate surface area is 193 Å². The van der Waals surface area contributed by atoms with Crippen molar-refractivity contribution in [2.45, 2.75) is 42.7 Å². The van der Waals surface area contributed by atoms with E-state index in [0.29, 0.717) is 47.8 Å². The molecular weight excluding hydrogens is 444 g/mol. The fraction of sp³-hybridized carbons (Fsp3) is 0.409. The predicted octanol–water partition coefficient (Wildman–Crippen LogP) is 1.64. The molecule has 0 radical (unpaired) electrons. The second kappa shape index (κ2) is 9.46. The normalized spacial score (nSPS) is 17.7. The van der Waals surface area contributed by atoms with Gasteiger partial charge in [-0.3, -0.25) is 4.79 Å². The van der Waals surface area contributed by atoms with Crippen molar-refractivity contribution in [3.63, 3.8) is 0 Å². The fourth-order valence-electron chi connectivity index (χ4n) is 3.70. The largest absolute Gasteiger partial charge is 0.383 e. The number of hydrogen-bond donors (Lipinski definition) is 3. The van der Waals surface area contributed by atoms with Crippen LogP contribution >= 0.6 is 0 Å². The summed E-state index contributed by atoms with van der Waals surface area (Å²) in [4.78, 5) is 22.1. The van der Waals surface area contributed by atoms with E-state index in [1.54, 1.807) is 18.2 Å². The quantitative estimate of drug-likeness (QED) is 0.312. The van der Waals surface area contributed by atoms with Gasteiger partial charge in [-0.2, -0.15) is 0 Å². The molecule has 0 amide bonds. The Balaban J connectivity index is 1.61. The molecule has 33 heavy (non-hydrogen) atoms. The van der Waals surface area contributed by atoms with Gasteiger partial charge in [-0.25, -0.2) is 23.1 Å². The molecule has 2 heterocycles. The maximum Gasteiger partial charge on any atom is 0.244 e. The van der Waals surface area contributed by atoms with E-state index >= 15 is 0 Å². The molecule has 1 aromatic carbocycles. The Morgan fingerprint density at radius 1 is 1.21 bits per heavy atom. The monoisotopic (exact) mass is 472 g/mol. The first kappa shape index (κ1) is 23.1. The highest BCUT2D eigenvalue weighted by Crippen LogP contribution is 2.30. The number of benzene rings is 1. The van der Waals surface area contributed by atoms with Crippen LogP contribution in [0.5, 0.6) is 0 Å². The van der Waals surface area contributed by atoms with Crippen LogP contribution in [0.4, 0.5) is 11.5 Å². The number of ether oxygens (including phenoxy) is 1. The van der Waals surface area contributed by atoms with Gasteiger partial charge >= 0.3 is 0 Å². The van der Waals surface area contributed by atoms with Gasteiger partial charge in [-0.05, 0) is 49.4 Å². The van der Waals surface area contributed by atoms with E-state index < -0.39 is 10.0 Å². The number of aldehydes is 1. The minimum absolute atomic E-state index is 0.0541. The molecule has 11 heteroatoms. The highest BCUT2D eigenvalue weighted by molar-refractivity contribution is 7.89. The van der Waals surface area contributed by atoms with Gasteiger partial charge in [-0.15, -0.1) is 0 Å². The van der Waals surface area contributed by atoms with Gasteiger partial charge < -0.3 is 21.1 Å². The number of nitrogens with zero attached hydrogens (tertiary/aromatic N) is 3. The second-order valence-electron chi connectivity index (χ2n) is 8.32. The number of pyridine rings is 1. The van der Waals surface area contributed by atoms with Crippen molar-refractivity contribution < 1.29 is 17.9 Å². The summed E-state index contributed by atoms with van der Waals surface area (Å²) < 4.78 is 33.3. The summed E-state index contributed by atoms with van der Waals surface area (Å²) in [6.45, 7) is 1.36. The van der Waals surface area contributed by atoms with Crippen LogP contribution in [0.1, 0.15) is 36.0 Å². The molecule has 1 aliphatic carbocycles. The number of nitrogens with one attached hydrogen (secondary N) is 1. The number of hydrogen-bond acceptors (Lipinski definition) is 7. The van der Waals surface area contributed by atoms with Crippen LogP contribution in [0, 0.1) is 0 Å². The molecule has 2 aromatic rings. The Morgan fingerprint density at radius 2 is 1.94 bits per heavy atom. The summed E-state index contributed by atoms with van der Waals surface area (Å²) in [6, 6.07) is 6.69. The van der Waals surface area contributed by atoms with Crippen LogP contribution in [-0.4, -0.2) is 62.9 Å². The predicted molar refractivity (Wildman–Crippen MR) is 126 cm³/mol. The standard InChI is InChI=1S/C22H28N6O4S/c1-28(18-6-8-32-9-7-18)22(24)26-19-5-2-14(10-16(19)13-29)15-11-20(21(23)25-12-15)33(30,31)27-17-3-4-17/h2,5,10-13,17-18,27H,3-4,6-9H2,1H3,(H2,23,25)(H2,24,26). The summed E-state index contributed by atoms with van der Waals surface area (Å²) in [6.07, 6.45) is 5.51. The van der Waals surface area contributed by atoms with Crippen molar-refractivity contribution in [2.75, 3.05) is 26.0 Å². The van der Waals surface area contributed by atoms with Crippen LogP contribution in [0.2, 0.25) is 0 Å². The van der Waals surface area contributed by atoms with Crippen LogP contribution < -0.4 is 16.2 Å². The van der Waals surface area contributed by atoms with E-state index in [4.69, 9.17) is 16.2 Å². The molecule has 2 fully saturated rings. The van der Waals surface area contributed by atoms with Crippen molar-refractivity contribution in [2.24, 2.45) is 10.7 Å². The number of aromatic nitrogens is 1. The summed E-state index contributed by atoms with van der Waals surface area (Å²) in [7, 11) is -1.90. The molecule has 0 unspecified atom stereocenters. The molecule has 1 aliphatic heterocycles. The lowest BCUT2D eigenvalue weighted by atomic mass is 10.0. The molecule has 0 spiro atoms. The van der Waals surface area contributed by atoms with E-state index in [-0.39, 0.29) is 22.8 Å². The average Bonchev–Trinajstić information content (AvgIpc) is 3.63. The first-order chi connectivity index (χ1) is 15.8. The topological polar surface area (TPSA) is 153 Å². The van der Waals surface area contributed by atoms with Crippen molar-refractivity contribution in [3.05, 3.63) is 36.0 Å². The zero-order chi connectivity index (χ0) is 23.6. The second-order valence-corrected chi connectivity index (χ2v) is 10.0. The Hall–Kier alpha value is -3.02. The van der Waals surface area contributed by atoms with Crippen molar-refractivity contribution in [3.8, 4) is 11.1 Å². The first-order valence-corrected chi connectivity index (χ1v) is 12.3. The molecule has 5 N–H and O–H groups in total. The number of rotatable bonds is 7. The highest BCUT2D eigenvalue weighted by Gasteiger charge is 2.29. The van der Waals surface area contributed by atoms with E-state index in [9.17, 15) is 13.2 Å². The maximum absolute atomic E-state index is 12.6. The number of nitrogens with two attached hydrogens (primary N) is 2. The van der Waals surface area contributed by atoms with Crippen LogP contribution in [0.25, 0.3) is 11.1 Å². The first-order valence-electron chi connectivity index (χ1n) is 10.8. The maximum atomic E-state index is 12.6. The van der Waals surface area contributed by atoms with Crippen LogP contribution in [0.15, 0.2) is 40.4 Å². The average molecular weight is 473 g/mol. The molecular formula is C22H28N6O4S. The van der Waals surface area contributed by atoms with Gasteiger partial charge in [0.2, 0.25) is 10.0 Å². The Morgan fingerprint density at radius 3 is 2.61 bits per heavy atom. The number of sulfonamides is 1. The van der Waals surface area contributed by atoms with Gasteiger partial charge in [0.05, 0.1) is 5.69 Å². The molecule has 10 nitrogen and oxygen atoms in total. The summed E-state index contributed by atoms with van der Waals surface area (Å²) >= 11 is 0. The molecule has 1 saturated carbocycles. The van der Waals surface area contributed by atoms with Gasteiger partial charge in [0.15, 0.2) is 12.2 Å². The molecule has 1 saturated heterocycles. The third-order valence-electron chi connectivity index (χ3n) is 5.89. The highest BCUT2D eigenvalue weighted by atomic mass is 32.2. The van der Waals surface area contributed by atoms with E-state index in [1.807, 2.05) is 11.9 Å². The number of carbonyl (C=O) groups is 1. The van der Waals surface area contributed by atoms with Gasteiger partial charge in [0, 0.05) is 49.7 Å². The number of nitrogen functional groups attached to an aromatic ring is 1. The number of carbonyl (C=O) groups excluding carboxylic acids is 1. The smallest absolute Gasteiger partial charge is 0.244 e. The van der Waals surface area contributed by atoms with Crippen molar-refractivity contribution in [1.82, 2.24) is 14.6 Å². The van der Waals surface area contributed by atoms with E-state index in [0.717, 1.165) is 25.7 Å². The summed E-state index contributed by atoms with van der Waals surface area (Å²) in [5, 5.41) is 0. The molecule has 1 aromatic heterocycles. The van der Waals surface area contributed by atoms with Crippen LogP contribution in [-0.2, 0) is 14.8 Å². The zero-order valence-electron chi connectivity index (χ0n) is 18.4. The Bertz CT molecular complexity index is 1170. The minimum Gasteiger partial charge on any atom is -0.383 e. The third-order valence-corrected chi connectivity index (χ3v) is 7.44. The zero-order valence-corrected chi connectivity index (χ0v) is 19.2. The summed E-state index contributed by atoms with van der Waals surface area (Å²) in [5.41, 5.74) is 13.9. The van der Waals surface area contributed by atoms with Crippen molar-refractivity contribution in [1.29, 1.82) is 0 Å². The summed E-state index contributed by atoms with van der Waals surface area (Å²) in [5.74, 6) is 0.235. The minimum atomic E-state index is -3.78. The lowest BCUT2D eigenvalue weighted by Crippen LogP contribution is -2.44. The molecule has 0 atom stereocenters. The Kier molecular flexibility index (Phi) is 6.63.